The largest absolute Gasteiger partial charge is 0.469 e. The highest BCUT2D eigenvalue weighted by Crippen LogP contribution is 2.17. The number of ketones is 1. The van der Waals surface area contributed by atoms with Crippen LogP contribution in [0.2, 0.25) is 5.02 Å². The van der Waals surface area contributed by atoms with Gasteiger partial charge in [-0.1, -0.05) is 11.6 Å². The number of hydrogen-bond donors (Lipinski definition) is 1. The van der Waals surface area contributed by atoms with Crippen LogP contribution in [0.4, 0.5) is 0 Å². The summed E-state index contributed by atoms with van der Waals surface area (Å²) in [5.41, 5.74) is 6.87. The van der Waals surface area contributed by atoms with Crippen LogP contribution >= 0.6 is 11.6 Å². The Kier molecular flexibility index (Phi) is 4.66. The molecule has 92 valence electrons. The zero-order chi connectivity index (χ0) is 13.0. The lowest BCUT2D eigenvalue weighted by molar-refractivity contribution is -0.140. The van der Waals surface area contributed by atoms with Crippen molar-refractivity contribution in [1.82, 2.24) is 0 Å². The van der Waals surface area contributed by atoms with Crippen molar-refractivity contribution in [2.24, 2.45) is 5.73 Å². The highest BCUT2D eigenvalue weighted by molar-refractivity contribution is 6.31. The Morgan fingerprint density at radius 1 is 1.47 bits per heavy atom. The minimum atomic E-state index is -0.886. The Morgan fingerprint density at radius 2 is 2.12 bits per heavy atom. The number of methoxy groups -OCH3 is 1. The van der Waals surface area contributed by atoms with Crippen LogP contribution in [-0.2, 0) is 9.53 Å². The second-order valence-corrected chi connectivity index (χ2v) is 4.12. The topological polar surface area (TPSA) is 69.4 Å². The fourth-order valence-electron chi connectivity index (χ4n) is 1.37. The van der Waals surface area contributed by atoms with E-state index in [1.54, 1.807) is 25.1 Å². The number of aryl methyl sites for hydroxylation is 1. The summed E-state index contributed by atoms with van der Waals surface area (Å²) in [4.78, 5) is 22.9. The van der Waals surface area contributed by atoms with E-state index in [0.29, 0.717) is 10.6 Å². The molecule has 1 rings (SSSR count). The number of rotatable bonds is 4. The van der Waals surface area contributed by atoms with Gasteiger partial charge in [-0.05, 0) is 30.7 Å². The summed E-state index contributed by atoms with van der Waals surface area (Å²) < 4.78 is 4.46. The van der Waals surface area contributed by atoms with Crippen molar-refractivity contribution in [2.75, 3.05) is 7.11 Å². The van der Waals surface area contributed by atoms with Gasteiger partial charge in [-0.2, -0.15) is 0 Å². The Bertz CT molecular complexity index is 445. The number of carbonyl (C=O) groups excluding carboxylic acids is 2. The van der Waals surface area contributed by atoms with Gasteiger partial charge in [0.05, 0.1) is 19.6 Å². The molecule has 2 N–H and O–H groups in total. The highest BCUT2D eigenvalue weighted by Gasteiger charge is 2.19. The summed E-state index contributed by atoms with van der Waals surface area (Å²) >= 11 is 5.86. The maximum absolute atomic E-state index is 11.9. The average molecular weight is 256 g/mol. The van der Waals surface area contributed by atoms with Gasteiger partial charge in [0.25, 0.3) is 0 Å². The SMILES string of the molecule is COC(=O)CC(N)C(=O)c1ccc(Cl)c(C)c1. The monoisotopic (exact) mass is 255 g/mol. The maximum atomic E-state index is 11.9. The summed E-state index contributed by atoms with van der Waals surface area (Å²) in [6, 6.07) is 3.99. The predicted molar refractivity (Wildman–Crippen MR) is 65.1 cm³/mol. The van der Waals surface area contributed by atoms with Gasteiger partial charge in [0, 0.05) is 10.6 Å². The molecule has 1 aromatic carbocycles. The van der Waals surface area contributed by atoms with E-state index in [-0.39, 0.29) is 12.2 Å². The number of Topliss-reactive ketones (excluding diaryl/α,β-unsaturated/α-hetero) is 1. The molecular weight excluding hydrogens is 242 g/mol. The molecule has 0 spiro atoms. The lowest BCUT2D eigenvalue weighted by Gasteiger charge is -2.10. The fraction of sp³-hybridized carbons (Fsp3) is 0.333. The first-order valence-corrected chi connectivity index (χ1v) is 5.46. The normalized spacial score (nSPS) is 12.0. The molecule has 0 aliphatic heterocycles. The van der Waals surface area contributed by atoms with Gasteiger partial charge < -0.3 is 10.5 Å². The standard InChI is InChI=1S/C12H14ClNO3/c1-7-5-8(3-4-9(7)13)12(16)10(14)6-11(15)17-2/h3-5,10H,6,14H2,1-2H3. The second-order valence-electron chi connectivity index (χ2n) is 3.71. The van der Waals surface area contributed by atoms with Crippen molar-refractivity contribution >= 4 is 23.4 Å². The number of carbonyl (C=O) groups is 2. The smallest absolute Gasteiger partial charge is 0.307 e. The van der Waals surface area contributed by atoms with Crippen molar-refractivity contribution in [3.63, 3.8) is 0 Å². The molecule has 0 saturated heterocycles. The van der Waals surface area contributed by atoms with Crippen LogP contribution in [0.25, 0.3) is 0 Å². The Balaban J connectivity index is 2.81. The third-order valence-electron chi connectivity index (χ3n) is 2.39. The lowest BCUT2D eigenvalue weighted by atomic mass is 10.0. The quantitative estimate of drug-likeness (QED) is 0.657. The molecule has 0 fully saturated rings. The summed E-state index contributed by atoms with van der Waals surface area (Å²) in [5, 5.41) is 0.586. The first-order valence-electron chi connectivity index (χ1n) is 5.08. The van der Waals surface area contributed by atoms with Crippen LogP contribution in [0.3, 0.4) is 0 Å². The zero-order valence-corrected chi connectivity index (χ0v) is 10.5. The average Bonchev–Trinajstić information content (AvgIpc) is 2.31. The molecule has 0 amide bonds. The van der Waals surface area contributed by atoms with E-state index in [4.69, 9.17) is 17.3 Å². The fourth-order valence-corrected chi connectivity index (χ4v) is 1.49. The number of benzene rings is 1. The second kappa shape index (κ2) is 5.80. The van der Waals surface area contributed by atoms with Gasteiger partial charge in [-0.15, -0.1) is 0 Å². The van der Waals surface area contributed by atoms with Crippen molar-refractivity contribution in [3.05, 3.63) is 34.3 Å². The predicted octanol–water partition coefficient (Wildman–Crippen LogP) is 1.72. The van der Waals surface area contributed by atoms with E-state index in [1.165, 1.54) is 7.11 Å². The molecule has 0 bridgehead atoms. The molecule has 17 heavy (non-hydrogen) atoms. The van der Waals surface area contributed by atoms with Crippen LogP contribution in [0.1, 0.15) is 22.3 Å². The summed E-state index contributed by atoms with van der Waals surface area (Å²) in [5.74, 6) is -0.799. The molecule has 0 aromatic heterocycles. The van der Waals surface area contributed by atoms with Gasteiger partial charge in [0.2, 0.25) is 0 Å². The minimum Gasteiger partial charge on any atom is -0.469 e. The molecule has 1 unspecified atom stereocenters. The highest BCUT2D eigenvalue weighted by atomic mass is 35.5. The Hall–Kier alpha value is -1.39. The van der Waals surface area contributed by atoms with Crippen LogP contribution in [0.15, 0.2) is 18.2 Å². The van der Waals surface area contributed by atoms with Crippen LogP contribution in [0.5, 0.6) is 0 Å². The van der Waals surface area contributed by atoms with Crippen LogP contribution in [-0.4, -0.2) is 24.9 Å². The number of halogens is 1. The van der Waals surface area contributed by atoms with Gasteiger partial charge in [-0.25, -0.2) is 0 Å². The van der Waals surface area contributed by atoms with E-state index >= 15 is 0 Å². The molecule has 1 atom stereocenters. The summed E-state index contributed by atoms with van der Waals surface area (Å²) in [6.45, 7) is 1.80. The summed E-state index contributed by atoms with van der Waals surface area (Å²) in [6.07, 6.45) is -0.128. The van der Waals surface area contributed by atoms with Crippen molar-refractivity contribution in [3.8, 4) is 0 Å². The van der Waals surface area contributed by atoms with Crippen molar-refractivity contribution in [2.45, 2.75) is 19.4 Å². The van der Waals surface area contributed by atoms with E-state index in [9.17, 15) is 9.59 Å². The zero-order valence-electron chi connectivity index (χ0n) is 9.70. The Morgan fingerprint density at radius 3 is 2.65 bits per heavy atom. The third-order valence-corrected chi connectivity index (χ3v) is 2.82. The molecule has 0 radical (unpaired) electrons. The van der Waals surface area contributed by atoms with Crippen LogP contribution in [0, 0.1) is 6.92 Å². The van der Waals surface area contributed by atoms with Gasteiger partial charge in [-0.3, -0.25) is 9.59 Å². The molecule has 5 heteroatoms. The molecule has 0 saturated carbocycles. The Labute approximate surface area is 105 Å². The number of hydrogen-bond acceptors (Lipinski definition) is 4. The molecular formula is C12H14ClNO3. The number of esters is 1. The van der Waals surface area contributed by atoms with Crippen molar-refractivity contribution < 1.29 is 14.3 Å². The first kappa shape index (κ1) is 13.7. The van der Waals surface area contributed by atoms with Gasteiger partial charge in [0.15, 0.2) is 5.78 Å². The summed E-state index contributed by atoms with van der Waals surface area (Å²) in [7, 11) is 1.26. The number of nitrogens with two attached hydrogens (primary N) is 1. The molecule has 4 nitrogen and oxygen atoms in total. The minimum absolute atomic E-state index is 0.128. The molecule has 0 aliphatic carbocycles. The van der Waals surface area contributed by atoms with Gasteiger partial charge in [0.1, 0.15) is 0 Å². The molecule has 0 heterocycles. The van der Waals surface area contributed by atoms with Gasteiger partial charge >= 0.3 is 5.97 Å². The lowest BCUT2D eigenvalue weighted by Crippen LogP contribution is -2.33. The van der Waals surface area contributed by atoms with E-state index in [2.05, 4.69) is 4.74 Å². The third kappa shape index (κ3) is 3.54. The van der Waals surface area contributed by atoms with Crippen molar-refractivity contribution in [1.29, 1.82) is 0 Å². The molecule has 1 aromatic rings. The van der Waals surface area contributed by atoms with E-state index in [0.717, 1.165) is 5.56 Å². The van der Waals surface area contributed by atoms with E-state index in [1.807, 2.05) is 0 Å². The maximum Gasteiger partial charge on any atom is 0.307 e. The number of ether oxygens (including phenoxy) is 1. The van der Waals surface area contributed by atoms with Crippen LogP contribution < -0.4 is 5.73 Å². The molecule has 0 aliphatic rings. The first-order chi connectivity index (χ1) is 7.95. The van der Waals surface area contributed by atoms with E-state index < -0.39 is 12.0 Å².